The van der Waals surface area contributed by atoms with Crippen molar-refractivity contribution < 1.29 is 8.42 Å². The Morgan fingerprint density at radius 2 is 2.15 bits per heavy atom. The standard InChI is InChI=1S/C12H17N5O2S/c1-13-10-9-5-16-17(11(9)15-8-14-10)6-12(3-4-12)7-20(2,18)19/h5,8H,3-4,6-7H2,1-2H3,(H,13,14,15). The zero-order valence-corrected chi connectivity index (χ0v) is 12.3. The molecule has 108 valence electrons. The van der Waals surface area contributed by atoms with Crippen LogP contribution in [-0.2, 0) is 16.4 Å². The van der Waals surface area contributed by atoms with E-state index in [9.17, 15) is 8.42 Å². The van der Waals surface area contributed by atoms with Crippen LogP contribution in [0.5, 0.6) is 0 Å². The van der Waals surface area contributed by atoms with E-state index in [1.807, 2.05) is 0 Å². The maximum atomic E-state index is 11.5. The molecule has 1 N–H and O–H groups in total. The lowest BCUT2D eigenvalue weighted by atomic mass is 10.1. The van der Waals surface area contributed by atoms with Crippen molar-refractivity contribution in [3.05, 3.63) is 12.5 Å². The lowest BCUT2D eigenvalue weighted by molar-refractivity contribution is 0.438. The summed E-state index contributed by atoms with van der Waals surface area (Å²) >= 11 is 0. The van der Waals surface area contributed by atoms with Crippen LogP contribution >= 0.6 is 0 Å². The van der Waals surface area contributed by atoms with Crippen LogP contribution < -0.4 is 5.32 Å². The van der Waals surface area contributed by atoms with Gasteiger partial charge in [-0.15, -0.1) is 0 Å². The van der Waals surface area contributed by atoms with Crippen molar-refractivity contribution >= 4 is 26.7 Å². The molecule has 3 rings (SSSR count). The zero-order valence-electron chi connectivity index (χ0n) is 11.5. The quantitative estimate of drug-likeness (QED) is 0.873. The third-order valence-electron chi connectivity index (χ3n) is 3.68. The minimum atomic E-state index is -2.97. The SMILES string of the molecule is CNc1ncnc2c1cnn2CC1(CS(C)(=O)=O)CC1. The molecule has 0 atom stereocenters. The highest BCUT2D eigenvalue weighted by atomic mass is 32.2. The number of rotatable bonds is 5. The molecule has 0 unspecified atom stereocenters. The highest BCUT2D eigenvalue weighted by Crippen LogP contribution is 2.48. The smallest absolute Gasteiger partial charge is 0.163 e. The van der Waals surface area contributed by atoms with E-state index >= 15 is 0 Å². The van der Waals surface area contributed by atoms with E-state index in [-0.39, 0.29) is 11.2 Å². The Labute approximate surface area is 117 Å². The topological polar surface area (TPSA) is 89.8 Å². The number of anilines is 1. The fraction of sp³-hybridized carbons (Fsp3) is 0.583. The Hall–Kier alpha value is -1.70. The summed E-state index contributed by atoms with van der Waals surface area (Å²) in [5, 5.41) is 8.19. The lowest BCUT2D eigenvalue weighted by Gasteiger charge is -2.14. The summed E-state index contributed by atoms with van der Waals surface area (Å²) in [6, 6.07) is 0. The molecule has 1 aliphatic rings. The van der Waals surface area contributed by atoms with Gasteiger partial charge in [0.2, 0.25) is 0 Å². The minimum absolute atomic E-state index is 0.169. The summed E-state index contributed by atoms with van der Waals surface area (Å²) in [6.45, 7) is 0.587. The van der Waals surface area contributed by atoms with E-state index in [4.69, 9.17) is 0 Å². The van der Waals surface area contributed by atoms with Gasteiger partial charge in [-0.3, -0.25) is 0 Å². The van der Waals surface area contributed by atoms with Gasteiger partial charge in [0.05, 0.1) is 17.3 Å². The van der Waals surface area contributed by atoms with E-state index < -0.39 is 9.84 Å². The Morgan fingerprint density at radius 1 is 1.40 bits per heavy atom. The number of nitrogens with one attached hydrogen (secondary N) is 1. The molecule has 0 amide bonds. The molecule has 0 bridgehead atoms. The van der Waals surface area contributed by atoms with Gasteiger partial charge in [0.1, 0.15) is 22.0 Å². The molecule has 0 aliphatic heterocycles. The number of fused-ring (bicyclic) bond motifs is 1. The summed E-state index contributed by atoms with van der Waals surface area (Å²) in [7, 11) is -1.18. The van der Waals surface area contributed by atoms with Crippen molar-refractivity contribution in [3.8, 4) is 0 Å². The van der Waals surface area contributed by atoms with Gasteiger partial charge in [0.15, 0.2) is 5.65 Å². The molecular formula is C12H17N5O2S. The monoisotopic (exact) mass is 295 g/mol. The molecule has 0 spiro atoms. The van der Waals surface area contributed by atoms with Crippen LogP contribution in [0.2, 0.25) is 0 Å². The molecule has 0 aromatic carbocycles. The van der Waals surface area contributed by atoms with Crippen molar-refractivity contribution in [1.82, 2.24) is 19.7 Å². The Morgan fingerprint density at radius 3 is 2.75 bits per heavy atom. The van der Waals surface area contributed by atoms with E-state index in [2.05, 4.69) is 20.4 Å². The second-order valence-corrected chi connectivity index (χ2v) is 7.72. The van der Waals surface area contributed by atoms with E-state index in [1.165, 1.54) is 12.6 Å². The molecule has 1 aliphatic carbocycles. The fourth-order valence-electron chi connectivity index (χ4n) is 2.61. The molecule has 2 aromatic rings. The Bertz CT molecular complexity index is 748. The van der Waals surface area contributed by atoms with Crippen molar-refractivity contribution in [1.29, 1.82) is 0 Å². The van der Waals surface area contributed by atoms with Gasteiger partial charge in [-0.2, -0.15) is 5.10 Å². The molecule has 2 aromatic heterocycles. The number of hydrogen-bond acceptors (Lipinski definition) is 6. The van der Waals surface area contributed by atoms with Crippen molar-refractivity contribution in [2.45, 2.75) is 19.4 Å². The van der Waals surface area contributed by atoms with E-state index in [1.54, 1.807) is 17.9 Å². The molecule has 8 heteroatoms. The van der Waals surface area contributed by atoms with Crippen LogP contribution in [-0.4, -0.2) is 47.2 Å². The third kappa shape index (κ3) is 2.47. The molecule has 2 heterocycles. The maximum Gasteiger partial charge on any atom is 0.163 e. The molecule has 1 saturated carbocycles. The van der Waals surface area contributed by atoms with Gasteiger partial charge in [0, 0.05) is 25.3 Å². The first-order valence-corrected chi connectivity index (χ1v) is 8.51. The van der Waals surface area contributed by atoms with Crippen LogP contribution in [0.4, 0.5) is 5.82 Å². The van der Waals surface area contributed by atoms with Gasteiger partial charge in [-0.1, -0.05) is 0 Å². The van der Waals surface area contributed by atoms with Crippen LogP contribution in [0.3, 0.4) is 0 Å². The van der Waals surface area contributed by atoms with E-state index in [0.717, 1.165) is 29.7 Å². The molecule has 1 fully saturated rings. The van der Waals surface area contributed by atoms with Gasteiger partial charge in [0.25, 0.3) is 0 Å². The molecule has 20 heavy (non-hydrogen) atoms. The first-order valence-electron chi connectivity index (χ1n) is 6.44. The highest BCUT2D eigenvalue weighted by molar-refractivity contribution is 7.90. The summed E-state index contributed by atoms with van der Waals surface area (Å²) in [4.78, 5) is 8.40. The third-order valence-corrected chi connectivity index (χ3v) is 4.82. The molecule has 0 saturated heterocycles. The number of sulfone groups is 1. The first kappa shape index (κ1) is 13.3. The molecular weight excluding hydrogens is 278 g/mol. The van der Waals surface area contributed by atoms with Crippen molar-refractivity contribution in [2.24, 2.45) is 5.41 Å². The van der Waals surface area contributed by atoms with Gasteiger partial charge in [-0.25, -0.2) is 23.1 Å². The first-order chi connectivity index (χ1) is 9.42. The maximum absolute atomic E-state index is 11.5. The second-order valence-electron chi connectivity index (χ2n) is 5.58. The summed E-state index contributed by atoms with van der Waals surface area (Å²) in [5.41, 5.74) is 0.571. The largest absolute Gasteiger partial charge is 0.372 e. The molecule has 7 nitrogen and oxygen atoms in total. The van der Waals surface area contributed by atoms with Crippen LogP contribution in [0, 0.1) is 5.41 Å². The highest BCUT2D eigenvalue weighted by Gasteiger charge is 2.46. The van der Waals surface area contributed by atoms with Crippen LogP contribution in [0.25, 0.3) is 11.0 Å². The van der Waals surface area contributed by atoms with Crippen molar-refractivity contribution in [2.75, 3.05) is 24.4 Å². The molecule has 0 radical (unpaired) electrons. The Kier molecular flexibility index (Phi) is 2.93. The van der Waals surface area contributed by atoms with Crippen LogP contribution in [0.15, 0.2) is 12.5 Å². The van der Waals surface area contributed by atoms with Crippen molar-refractivity contribution in [3.63, 3.8) is 0 Å². The predicted molar refractivity (Wildman–Crippen MR) is 76.2 cm³/mol. The van der Waals surface area contributed by atoms with Gasteiger partial charge in [-0.05, 0) is 12.8 Å². The average Bonchev–Trinajstić information content (AvgIpc) is 2.98. The van der Waals surface area contributed by atoms with Crippen LogP contribution in [0.1, 0.15) is 12.8 Å². The van der Waals surface area contributed by atoms with Gasteiger partial charge >= 0.3 is 0 Å². The number of aromatic nitrogens is 4. The number of nitrogens with zero attached hydrogens (tertiary/aromatic N) is 4. The average molecular weight is 295 g/mol. The second kappa shape index (κ2) is 4.41. The normalized spacial score (nSPS) is 17.3. The predicted octanol–water partition coefficient (Wildman–Crippen LogP) is 0.693. The fourth-order valence-corrected chi connectivity index (χ4v) is 4.10. The lowest BCUT2D eigenvalue weighted by Crippen LogP contribution is -2.22. The summed E-state index contributed by atoms with van der Waals surface area (Å²) < 4.78 is 24.8. The zero-order chi connectivity index (χ0) is 14.4. The number of hydrogen-bond donors (Lipinski definition) is 1. The van der Waals surface area contributed by atoms with E-state index in [0.29, 0.717) is 6.54 Å². The minimum Gasteiger partial charge on any atom is -0.372 e. The van der Waals surface area contributed by atoms with Gasteiger partial charge < -0.3 is 5.32 Å². The Balaban J connectivity index is 1.93. The summed E-state index contributed by atoms with van der Waals surface area (Å²) in [5.74, 6) is 0.944. The summed E-state index contributed by atoms with van der Waals surface area (Å²) in [6.07, 6.45) is 6.34.